The van der Waals surface area contributed by atoms with E-state index in [0.29, 0.717) is 6.61 Å². The second-order valence-electron chi connectivity index (χ2n) is 2.46. The van der Waals surface area contributed by atoms with Crippen LogP contribution >= 0.6 is 12.4 Å². The molecule has 0 heterocycles. The number of hydrogen-bond donors (Lipinski definition) is 0. The Labute approximate surface area is 90.6 Å². The van der Waals surface area contributed by atoms with Gasteiger partial charge in [0.05, 0.1) is 6.61 Å². The minimum atomic E-state index is -0.823. The Morgan fingerprint density at radius 2 is 2.14 bits per heavy atom. The number of halogens is 1. The van der Waals surface area contributed by atoms with Gasteiger partial charge < -0.3 is 4.74 Å². The smallest absolute Gasteiger partial charge is 0.428 e. The van der Waals surface area contributed by atoms with Gasteiger partial charge in [-0.05, 0) is 6.42 Å². The van der Waals surface area contributed by atoms with Gasteiger partial charge in [-0.1, -0.05) is 32.4 Å². The van der Waals surface area contributed by atoms with Crippen molar-refractivity contribution in [3.63, 3.8) is 0 Å². The molecule has 0 amide bonds. The first kappa shape index (κ1) is 15.7. The predicted octanol–water partition coefficient (Wildman–Crippen LogP) is 2.87. The normalized spacial score (nSPS) is 8.64. The highest BCUT2D eigenvalue weighted by atomic mass is 35.5. The van der Waals surface area contributed by atoms with Gasteiger partial charge in [0.15, 0.2) is 0 Å². The van der Waals surface area contributed by atoms with Crippen molar-refractivity contribution in [1.82, 2.24) is 0 Å². The molecular weight excluding hydrogens is 208 g/mol. The van der Waals surface area contributed by atoms with Crippen LogP contribution in [0.2, 0.25) is 0 Å². The summed E-state index contributed by atoms with van der Waals surface area (Å²) in [5.41, 5.74) is 0. The van der Waals surface area contributed by atoms with Crippen molar-refractivity contribution in [3.8, 4) is 0 Å². The van der Waals surface area contributed by atoms with Gasteiger partial charge in [0.1, 0.15) is 6.61 Å². The van der Waals surface area contributed by atoms with E-state index in [1.165, 1.54) is 6.08 Å². The standard InChI is InChI=1S/C9H16O4.ClH/c1-3-5-6-8-12-13-9(10)11-7-4-2;/h4H,2-3,5-8H2,1H3;1H. The SMILES string of the molecule is C=CCOC(=O)OOCCCCC.Cl. The van der Waals surface area contributed by atoms with E-state index in [-0.39, 0.29) is 19.0 Å². The molecule has 84 valence electrons. The molecule has 0 fully saturated rings. The summed E-state index contributed by atoms with van der Waals surface area (Å²) in [4.78, 5) is 19.5. The summed E-state index contributed by atoms with van der Waals surface area (Å²) in [6, 6.07) is 0. The Morgan fingerprint density at radius 3 is 2.71 bits per heavy atom. The number of carbonyl (C=O) groups is 1. The highest BCUT2D eigenvalue weighted by Gasteiger charge is 2.02. The molecule has 0 aromatic rings. The van der Waals surface area contributed by atoms with Crippen LogP contribution in [0, 0.1) is 0 Å². The van der Waals surface area contributed by atoms with Gasteiger partial charge in [-0.25, -0.2) is 4.79 Å². The first-order valence-electron chi connectivity index (χ1n) is 4.38. The molecule has 4 nitrogen and oxygen atoms in total. The van der Waals surface area contributed by atoms with E-state index in [1.807, 2.05) is 0 Å². The van der Waals surface area contributed by atoms with Crippen molar-refractivity contribution in [2.45, 2.75) is 26.2 Å². The zero-order chi connectivity index (χ0) is 9.94. The second kappa shape index (κ2) is 12.3. The van der Waals surface area contributed by atoms with Crippen LogP contribution in [-0.2, 0) is 14.5 Å². The Hall–Kier alpha value is -0.740. The third-order valence-electron chi connectivity index (χ3n) is 1.28. The summed E-state index contributed by atoms with van der Waals surface area (Å²) in [6.45, 7) is 6.01. The molecule has 0 atom stereocenters. The van der Waals surface area contributed by atoms with Crippen LogP contribution in [0.3, 0.4) is 0 Å². The van der Waals surface area contributed by atoms with Crippen LogP contribution in [0.4, 0.5) is 4.79 Å². The molecule has 14 heavy (non-hydrogen) atoms. The van der Waals surface area contributed by atoms with E-state index >= 15 is 0 Å². The molecule has 0 bridgehead atoms. The molecular formula is C9H17ClO4. The van der Waals surface area contributed by atoms with Crippen molar-refractivity contribution in [2.75, 3.05) is 13.2 Å². The number of hydrogen-bond acceptors (Lipinski definition) is 4. The van der Waals surface area contributed by atoms with Gasteiger partial charge in [0, 0.05) is 0 Å². The molecule has 0 rings (SSSR count). The average Bonchev–Trinajstić information content (AvgIpc) is 2.14. The lowest BCUT2D eigenvalue weighted by Crippen LogP contribution is -2.08. The lowest BCUT2D eigenvalue weighted by Gasteiger charge is -2.02. The van der Waals surface area contributed by atoms with Crippen LogP contribution in [0.15, 0.2) is 12.7 Å². The van der Waals surface area contributed by atoms with Gasteiger partial charge in [0.25, 0.3) is 0 Å². The lowest BCUT2D eigenvalue weighted by atomic mass is 10.3. The average molecular weight is 225 g/mol. The summed E-state index contributed by atoms with van der Waals surface area (Å²) in [7, 11) is 0. The van der Waals surface area contributed by atoms with Crippen LogP contribution in [0.25, 0.3) is 0 Å². The summed E-state index contributed by atoms with van der Waals surface area (Å²) < 4.78 is 4.49. The first-order chi connectivity index (χ1) is 6.31. The van der Waals surface area contributed by atoms with Gasteiger partial charge in [-0.3, -0.25) is 4.89 Å². The molecule has 0 saturated heterocycles. The second-order valence-corrected chi connectivity index (χ2v) is 2.46. The molecule has 0 aliphatic carbocycles. The molecule has 0 aromatic carbocycles. The minimum absolute atomic E-state index is 0. The zero-order valence-electron chi connectivity index (χ0n) is 8.36. The van der Waals surface area contributed by atoms with Crippen molar-refractivity contribution >= 4 is 18.6 Å². The number of unbranched alkanes of at least 4 members (excludes halogenated alkanes) is 2. The fraction of sp³-hybridized carbons (Fsp3) is 0.667. The van der Waals surface area contributed by atoms with E-state index < -0.39 is 6.16 Å². The molecule has 0 radical (unpaired) electrons. The number of ether oxygens (including phenoxy) is 1. The van der Waals surface area contributed by atoms with Crippen molar-refractivity contribution in [1.29, 1.82) is 0 Å². The molecule has 0 aliphatic heterocycles. The van der Waals surface area contributed by atoms with Gasteiger partial charge in [-0.2, -0.15) is 4.89 Å². The van der Waals surface area contributed by atoms with Gasteiger partial charge in [0.2, 0.25) is 0 Å². The fourth-order valence-corrected chi connectivity index (χ4v) is 0.652. The van der Waals surface area contributed by atoms with E-state index in [4.69, 9.17) is 0 Å². The third kappa shape index (κ3) is 11.3. The summed E-state index contributed by atoms with van der Waals surface area (Å²) >= 11 is 0. The Bertz CT molecular complexity index is 150. The van der Waals surface area contributed by atoms with E-state index in [9.17, 15) is 4.79 Å². The Kier molecular flexibility index (Phi) is 13.8. The van der Waals surface area contributed by atoms with Crippen molar-refractivity contribution in [2.24, 2.45) is 0 Å². The maximum Gasteiger partial charge on any atom is 0.540 e. The first-order valence-corrected chi connectivity index (χ1v) is 4.38. The molecule has 5 heteroatoms. The van der Waals surface area contributed by atoms with Crippen molar-refractivity contribution < 1.29 is 19.3 Å². The fourth-order valence-electron chi connectivity index (χ4n) is 0.652. The maximum atomic E-state index is 10.6. The molecule has 0 aliphatic rings. The maximum absolute atomic E-state index is 10.6. The van der Waals surface area contributed by atoms with E-state index in [1.54, 1.807) is 0 Å². The molecule has 0 N–H and O–H groups in total. The zero-order valence-corrected chi connectivity index (χ0v) is 9.18. The largest absolute Gasteiger partial charge is 0.540 e. The lowest BCUT2D eigenvalue weighted by molar-refractivity contribution is -0.254. The minimum Gasteiger partial charge on any atom is -0.428 e. The van der Waals surface area contributed by atoms with Crippen LogP contribution in [0.5, 0.6) is 0 Å². The summed E-state index contributed by atoms with van der Waals surface area (Å²) in [5.74, 6) is 0. The number of carbonyl (C=O) groups excluding carboxylic acids is 1. The van der Waals surface area contributed by atoms with Gasteiger partial charge in [-0.15, -0.1) is 12.4 Å². The Morgan fingerprint density at radius 1 is 1.43 bits per heavy atom. The van der Waals surface area contributed by atoms with Crippen molar-refractivity contribution in [3.05, 3.63) is 12.7 Å². The molecule has 0 unspecified atom stereocenters. The topological polar surface area (TPSA) is 44.8 Å². The third-order valence-corrected chi connectivity index (χ3v) is 1.28. The molecule has 0 spiro atoms. The van der Waals surface area contributed by atoms with Crippen LogP contribution in [0.1, 0.15) is 26.2 Å². The molecule has 0 saturated carbocycles. The quantitative estimate of drug-likeness (QED) is 0.219. The van der Waals surface area contributed by atoms with Crippen LogP contribution in [-0.4, -0.2) is 19.4 Å². The summed E-state index contributed by atoms with van der Waals surface area (Å²) in [6.07, 6.45) is 3.68. The van der Waals surface area contributed by atoms with E-state index in [2.05, 4.69) is 28.0 Å². The highest BCUT2D eigenvalue weighted by Crippen LogP contribution is 1.95. The highest BCUT2D eigenvalue weighted by molar-refractivity contribution is 5.85. The van der Waals surface area contributed by atoms with E-state index in [0.717, 1.165) is 19.3 Å². The van der Waals surface area contributed by atoms with Gasteiger partial charge >= 0.3 is 6.16 Å². The monoisotopic (exact) mass is 224 g/mol. The predicted molar refractivity (Wildman–Crippen MR) is 55.4 cm³/mol. The summed E-state index contributed by atoms with van der Waals surface area (Å²) in [5, 5.41) is 0. The molecule has 0 aromatic heterocycles. The van der Waals surface area contributed by atoms with Crippen LogP contribution < -0.4 is 0 Å². The Balaban J connectivity index is 0. The number of rotatable bonds is 7.